The van der Waals surface area contributed by atoms with Gasteiger partial charge in [-0.15, -0.1) is 0 Å². The number of aromatic nitrogens is 1. The summed E-state index contributed by atoms with van der Waals surface area (Å²) >= 11 is 3.36. The molecule has 0 radical (unpaired) electrons. The first kappa shape index (κ1) is 10.8. The first-order valence-electron chi connectivity index (χ1n) is 4.62. The topological polar surface area (TPSA) is 71.2 Å². The molecule has 0 unspecified atom stereocenters. The molecule has 0 bridgehead atoms. The van der Waals surface area contributed by atoms with Gasteiger partial charge in [-0.25, -0.2) is 4.98 Å². The van der Waals surface area contributed by atoms with Crippen LogP contribution in [0.2, 0.25) is 0 Å². The van der Waals surface area contributed by atoms with Gasteiger partial charge < -0.3 is 16.2 Å². The van der Waals surface area contributed by atoms with Crippen molar-refractivity contribution in [1.29, 1.82) is 0 Å². The fraction of sp³-hybridized carbons (Fsp3) is 0. The van der Waals surface area contributed by atoms with Crippen LogP contribution >= 0.6 is 15.9 Å². The van der Waals surface area contributed by atoms with E-state index >= 15 is 0 Å². The summed E-state index contributed by atoms with van der Waals surface area (Å²) in [5.74, 6) is 0.858. The Kier molecular flexibility index (Phi) is 2.96. The van der Waals surface area contributed by atoms with E-state index < -0.39 is 0 Å². The second kappa shape index (κ2) is 4.40. The molecular formula is C11H10BrN3O. The van der Waals surface area contributed by atoms with E-state index in [4.69, 9.17) is 5.73 Å². The van der Waals surface area contributed by atoms with Gasteiger partial charge in [0, 0.05) is 11.8 Å². The number of hydrogen-bond donors (Lipinski definition) is 3. The van der Waals surface area contributed by atoms with Crippen molar-refractivity contribution in [3.63, 3.8) is 0 Å². The fourth-order valence-electron chi connectivity index (χ4n) is 1.27. The van der Waals surface area contributed by atoms with Crippen molar-refractivity contribution < 1.29 is 5.11 Å². The SMILES string of the molecule is Nc1cnc(Nc2cccc(O)c2)c(Br)c1. The van der Waals surface area contributed by atoms with Crippen LogP contribution in [0.4, 0.5) is 17.2 Å². The molecule has 1 aromatic carbocycles. The molecular weight excluding hydrogens is 270 g/mol. The summed E-state index contributed by atoms with van der Waals surface area (Å²) in [7, 11) is 0. The highest BCUT2D eigenvalue weighted by Gasteiger charge is 2.02. The third-order valence-electron chi connectivity index (χ3n) is 1.97. The van der Waals surface area contributed by atoms with Crippen molar-refractivity contribution in [2.45, 2.75) is 0 Å². The molecule has 0 aliphatic carbocycles. The highest BCUT2D eigenvalue weighted by molar-refractivity contribution is 9.10. The first-order valence-corrected chi connectivity index (χ1v) is 5.41. The second-order valence-corrected chi connectivity index (χ2v) is 4.13. The number of nitrogens with zero attached hydrogens (tertiary/aromatic N) is 1. The molecule has 0 spiro atoms. The lowest BCUT2D eigenvalue weighted by molar-refractivity contribution is 0.475. The molecule has 0 saturated carbocycles. The van der Waals surface area contributed by atoms with Crippen LogP contribution in [-0.4, -0.2) is 10.1 Å². The van der Waals surface area contributed by atoms with Crippen molar-refractivity contribution in [2.75, 3.05) is 11.1 Å². The number of pyridine rings is 1. The number of phenols is 1. The van der Waals surface area contributed by atoms with E-state index in [-0.39, 0.29) is 5.75 Å². The number of halogens is 1. The van der Waals surface area contributed by atoms with E-state index in [1.807, 2.05) is 6.07 Å². The maximum atomic E-state index is 9.31. The Morgan fingerprint density at radius 3 is 2.81 bits per heavy atom. The minimum absolute atomic E-state index is 0.205. The zero-order valence-corrected chi connectivity index (χ0v) is 9.90. The quantitative estimate of drug-likeness (QED) is 0.791. The van der Waals surface area contributed by atoms with E-state index in [9.17, 15) is 5.11 Å². The molecule has 2 rings (SSSR count). The van der Waals surface area contributed by atoms with E-state index in [0.717, 1.165) is 10.2 Å². The lowest BCUT2D eigenvalue weighted by Gasteiger charge is -2.08. The third kappa shape index (κ3) is 2.43. The Balaban J connectivity index is 2.27. The summed E-state index contributed by atoms with van der Waals surface area (Å²) in [5.41, 5.74) is 6.94. The van der Waals surface area contributed by atoms with Gasteiger partial charge in [0.25, 0.3) is 0 Å². The lowest BCUT2D eigenvalue weighted by Crippen LogP contribution is -1.96. The molecule has 0 atom stereocenters. The van der Waals surface area contributed by atoms with E-state index in [0.29, 0.717) is 11.5 Å². The Hall–Kier alpha value is -1.75. The highest BCUT2D eigenvalue weighted by Crippen LogP contribution is 2.26. The molecule has 82 valence electrons. The monoisotopic (exact) mass is 279 g/mol. The average Bonchev–Trinajstić information content (AvgIpc) is 2.22. The number of phenolic OH excluding ortho intramolecular Hbond substituents is 1. The Bertz CT molecular complexity index is 516. The fourth-order valence-corrected chi connectivity index (χ4v) is 1.73. The van der Waals surface area contributed by atoms with Crippen molar-refractivity contribution in [1.82, 2.24) is 4.98 Å². The molecule has 16 heavy (non-hydrogen) atoms. The van der Waals surface area contributed by atoms with Crippen LogP contribution in [-0.2, 0) is 0 Å². The minimum atomic E-state index is 0.205. The van der Waals surface area contributed by atoms with Gasteiger partial charge in [-0.1, -0.05) is 6.07 Å². The summed E-state index contributed by atoms with van der Waals surface area (Å²) in [5, 5.41) is 12.4. The maximum Gasteiger partial charge on any atom is 0.144 e. The van der Waals surface area contributed by atoms with Crippen LogP contribution in [0.25, 0.3) is 0 Å². The van der Waals surface area contributed by atoms with Crippen LogP contribution in [0.3, 0.4) is 0 Å². The number of aromatic hydroxyl groups is 1. The molecule has 2 aromatic rings. The molecule has 1 aromatic heterocycles. The Morgan fingerprint density at radius 2 is 2.12 bits per heavy atom. The van der Waals surface area contributed by atoms with Gasteiger partial charge in [0.05, 0.1) is 16.4 Å². The molecule has 5 heteroatoms. The average molecular weight is 280 g/mol. The second-order valence-electron chi connectivity index (χ2n) is 3.27. The van der Waals surface area contributed by atoms with Crippen molar-refractivity contribution in [3.8, 4) is 5.75 Å². The molecule has 0 amide bonds. The predicted molar refractivity (Wildman–Crippen MR) is 67.7 cm³/mol. The number of anilines is 3. The van der Waals surface area contributed by atoms with E-state index in [1.165, 1.54) is 0 Å². The van der Waals surface area contributed by atoms with Crippen LogP contribution < -0.4 is 11.1 Å². The zero-order valence-electron chi connectivity index (χ0n) is 8.31. The number of rotatable bonds is 2. The van der Waals surface area contributed by atoms with Gasteiger partial charge in [-0.3, -0.25) is 0 Å². The summed E-state index contributed by atoms with van der Waals surface area (Å²) in [6, 6.07) is 8.58. The summed E-state index contributed by atoms with van der Waals surface area (Å²) in [4.78, 5) is 4.14. The van der Waals surface area contributed by atoms with Gasteiger partial charge in [0.15, 0.2) is 0 Å². The largest absolute Gasteiger partial charge is 0.508 e. The number of benzene rings is 1. The van der Waals surface area contributed by atoms with Crippen LogP contribution in [0.15, 0.2) is 41.0 Å². The molecule has 0 aliphatic rings. The van der Waals surface area contributed by atoms with Crippen LogP contribution in [0.1, 0.15) is 0 Å². The molecule has 4 N–H and O–H groups in total. The lowest BCUT2D eigenvalue weighted by atomic mass is 10.3. The van der Waals surface area contributed by atoms with Crippen molar-refractivity contribution >= 4 is 33.1 Å². The summed E-state index contributed by atoms with van der Waals surface area (Å²) < 4.78 is 0.774. The Morgan fingerprint density at radius 1 is 1.31 bits per heavy atom. The number of hydrogen-bond acceptors (Lipinski definition) is 4. The predicted octanol–water partition coefficient (Wildman–Crippen LogP) is 2.88. The maximum absolute atomic E-state index is 9.31. The number of nitrogens with two attached hydrogens (primary N) is 1. The molecule has 0 fully saturated rings. The van der Waals surface area contributed by atoms with Crippen LogP contribution in [0, 0.1) is 0 Å². The van der Waals surface area contributed by atoms with Gasteiger partial charge >= 0.3 is 0 Å². The van der Waals surface area contributed by atoms with Crippen molar-refractivity contribution in [3.05, 3.63) is 41.0 Å². The van der Waals surface area contributed by atoms with Crippen molar-refractivity contribution in [2.24, 2.45) is 0 Å². The third-order valence-corrected chi connectivity index (χ3v) is 2.58. The van der Waals surface area contributed by atoms with Crippen LogP contribution in [0.5, 0.6) is 5.75 Å². The smallest absolute Gasteiger partial charge is 0.144 e. The normalized spacial score (nSPS) is 10.1. The van der Waals surface area contributed by atoms with Gasteiger partial charge in [-0.05, 0) is 34.1 Å². The standard InChI is InChI=1S/C11H10BrN3O/c12-10-4-7(13)6-14-11(10)15-8-2-1-3-9(16)5-8/h1-6,16H,13H2,(H,14,15). The highest BCUT2D eigenvalue weighted by atomic mass is 79.9. The van der Waals surface area contributed by atoms with E-state index in [1.54, 1.807) is 30.5 Å². The van der Waals surface area contributed by atoms with Gasteiger partial charge in [0.2, 0.25) is 0 Å². The van der Waals surface area contributed by atoms with E-state index in [2.05, 4.69) is 26.2 Å². The van der Waals surface area contributed by atoms with Gasteiger partial charge in [-0.2, -0.15) is 0 Å². The molecule has 0 saturated heterocycles. The first-order chi connectivity index (χ1) is 7.65. The summed E-state index contributed by atoms with van der Waals surface area (Å²) in [6.07, 6.45) is 1.57. The summed E-state index contributed by atoms with van der Waals surface area (Å²) in [6.45, 7) is 0. The van der Waals surface area contributed by atoms with Gasteiger partial charge in [0.1, 0.15) is 11.6 Å². The molecule has 4 nitrogen and oxygen atoms in total. The zero-order chi connectivity index (χ0) is 11.5. The molecule has 0 aliphatic heterocycles. The number of nitrogens with one attached hydrogen (secondary N) is 1. The molecule has 1 heterocycles. The Labute approximate surface area is 101 Å². The number of nitrogen functional groups attached to an aromatic ring is 1. The minimum Gasteiger partial charge on any atom is -0.508 e.